The normalized spacial score (nSPS) is 9.88. The molecule has 0 aliphatic rings. The van der Waals surface area contributed by atoms with Crippen LogP contribution in [0.3, 0.4) is 0 Å². The Morgan fingerprint density at radius 1 is 0.647 bits per heavy atom. The van der Waals surface area contributed by atoms with Crippen LogP contribution in [0.5, 0.6) is 0 Å². The van der Waals surface area contributed by atoms with Gasteiger partial charge in [0.25, 0.3) is 0 Å². The Hall–Kier alpha value is -0.160. The van der Waals surface area contributed by atoms with Gasteiger partial charge >= 0.3 is 0 Å². The van der Waals surface area contributed by atoms with Crippen LogP contribution in [0.15, 0.2) is 0 Å². The zero-order chi connectivity index (χ0) is 13.2. The third kappa shape index (κ3) is 25.8. The van der Waals surface area contributed by atoms with Gasteiger partial charge in [-0.2, -0.15) is 0 Å². The van der Waals surface area contributed by atoms with E-state index in [1.165, 1.54) is 32.4 Å². The van der Waals surface area contributed by atoms with Gasteiger partial charge in [-0.25, -0.2) is 0 Å². The van der Waals surface area contributed by atoms with Crippen LogP contribution in [0.1, 0.15) is 46.0 Å². The quantitative estimate of drug-likeness (QED) is 0.411. The third-order valence-corrected chi connectivity index (χ3v) is 2.37. The molecule has 17 heavy (non-hydrogen) atoms. The third-order valence-electron chi connectivity index (χ3n) is 2.37. The summed E-state index contributed by atoms with van der Waals surface area (Å²) in [5, 5.41) is 6.59. The van der Waals surface area contributed by atoms with Gasteiger partial charge in [0.2, 0.25) is 0 Å². The van der Waals surface area contributed by atoms with E-state index >= 15 is 0 Å². The molecule has 0 heterocycles. The number of rotatable bonds is 11. The van der Waals surface area contributed by atoms with Crippen molar-refractivity contribution in [1.82, 2.24) is 10.6 Å². The van der Waals surface area contributed by atoms with Crippen molar-refractivity contribution < 1.29 is 0 Å². The predicted octanol–water partition coefficient (Wildman–Crippen LogP) is 1.06. The average molecular weight is 246 g/mol. The van der Waals surface area contributed by atoms with Gasteiger partial charge < -0.3 is 22.1 Å². The molecule has 0 atom stereocenters. The highest BCUT2D eigenvalue weighted by Crippen LogP contribution is 1.88. The molecule has 0 spiro atoms. The Balaban J connectivity index is 0. The lowest BCUT2D eigenvalue weighted by Gasteiger charge is -2.01. The van der Waals surface area contributed by atoms with Gasteiger partial charge in [-0.1, -0.05) is 20.3 Å². The summed E-state index contributed by atoms with van der Waals surface area (Å²) < 4.78 is 0. The first-order chi connectivity index (χ1) is 8.33. The molecule has 0 aliphatic heterocycles. The van der Waals surface area contributed by atoms with Crippen molar-refractivity contribution in [2.75, 3.05) is 39.3 Å². The smallest absolute Gasteiger partial charge is 0.00486 e. The largest absolute Gasteiger partial charge is 0.330 e. The van der Waals surface area contributed by atoms with E-state index in [4.69, 9.17) is 11.5 Å². The number of nitrogens with one attached hydrogen (secondary N) is 2. The summed E-state index contributed by atoms with van der Waals surface area (Å²) in [6.07, 6.45) is 6.02. The molecule has 0 saturated carbocycles. The monoisotopic (exact) mass is 246 g/mol. The van der Waals surface area contributed by atoms with Crippen LogP contribution in [0.4, 0.5) is 0 Å². The van der Waals surface area contributed by atoms with Crippen molar-refractivity contribution in [3.8, 4) is 0 Å². The number of hydrogen-bond acceptors (Lipinski definition) is 4. The summed E-state index contributed by atoms with van der Waals surface area (Å²) in [7, 11) is 0. The fourth-order valence-corrected chi connectivity index (χ4v) is 1.32. The van der Waals surface area contributed by atoms with Gasteiger partial charge in [0, 0.05) is 0 Å². The summed E-state index contributed by atoms with van der Waals surface area (Å²) in [5.41, 5.74) is 10.5. The summed E-state index contributed by atoms with van der Waals surface area (Å²) >= 11 is 0. The molecule has 4 heteroatoms. The molecule has 0 bridgehead atoms. The van der Waals surface area contributed by atoms with Crippen molar-refractivity contribution in [3.63, 3.8) is 0 Å². The van der Waals surface area contributed by atoms with E-state index in [9.17, 15) is 0 Å². The Morgan fingerprint density at radius 3 is 1.35 bits per heavy atom. The van der Waals surface area contributed by atoms with Crippen LogP contribution in [-0.4, -0.2) is 39.3 Å². The van der Waals surface area contributed by atoms with Crippen LogP contribution in [0.2, 0.25) is 0 Å². The summed E-state index contributed by atoms with van der Waals surface area (Å²) in [5.74, 6) is 0. The van der Waals surface area contributed by atoms with Gasteiger partial charge in [0.15, 0.2) is 0 Å². The molecule has 106 valence electrons. The van der Waals surface area contributed by atoms with Crippen LogP contribution < -0.4 is 22.1 Å². The SMILES string of the molecule is CCNCCCCNCC.NCCCCCN. The van der Waals surface area contributed by atoms with E-state index in [0.29, 0.717) is 0 Å². The summed E-state index contributed by atoms with van der Waals surface area (Å²) in [6, 6.07) is 0. The van der Waals surface area contributed by atoms with Crippen LogP contribution >= 0.6 is 0 Å². The molecule has 0 radical (unpaired) electrons. The highest BCUT2D eigenvalue weighted by Gasteiger charge is 1.85. The zero-order valence-electron chi connectivity index (χ0n) is 11.9. The van der Waals surface area contributed by atoms with Gasteiger partial charge in [-0.05, 0) is 65.0 Å². The maximum atomic E-state index is 5.23. The van der Waals surface area contributed by atoms with Crippen LogP contribution in [0.25, 0.3) is 0 Å². The molecular formula is C13H34N4. The predicted molar refractivity (Wildman–Crippen MR) is 78.3 cm³/mol. The number of hydrogen-bond donors (Lipinski definition) is 4. The van der Waals surface area contributed by atoms with Gasteiger partial charge in [0.05, 0.1) is 0 Å². The molecule has 0 rings (SSSR count). The van der Waals surface area contributed by atoms with E-state index in [0.717, 1.165) is 39.0 Å². The lowest BCUT2D eigenvalue weighted by Crippen LogP contribution is -2.18. The Labute approximate surface area is 108 Å². The van der Waals surface area contributed by atoms with E-state index in [1.54, 1.807) is 0 Å². The summed E-state index contributed by atoms with van der Waals surface area (Å²) in [4.78, 5) is 0. The van der Waals surface area contributed by atoms with E-state index in [2.05, 4.69) is 24.5 Å². The lowest BCUT2D eigenvalue weighted by molar-refractivity contribution is 0.602. The fourth-order valence-electron chi connectivity index (χ4n) is 1.32. The van der Waals surface area contributed by atoms with Crippen LogP contribution in [-0.2, 0) is 0 Å². The average Bonchev–Trinajstić information content (AvgIpc) is 2.35. The van der Waals surface area contributed by atoms with E-state index < -0.39 is 0 Å². The molecule has 0 aromatic heterocycles. The molecule has 0 saturated heterocycles. The van der Waals surface area contributed by atoms with Crippen molar-refractivity contribution >= 4 is 0 Å². The highest BCUT2D eigenvalue weighted by molar-refractivity contribution is 4.48. The molecule has 6 N–H and O–H groups in total. The van der Waals surface area contributed by atoms with Crippen LogP contribution in [0, 0.1) is 0 Å². The summed E-state index contributed by atoms with van der Waals surface area (Å²) in [6.45, 7) is 10.4. The Kier molecular flexibility index (Phi) is 23.9. The molecular weight excluding hydrogens is 212 g/mol. The molecule has 0 aromatic rings. The molecule has 0 aromatic carbocycles. The Morgan fingerprint density at radius 2 is 1.06 bits per heavy atom. The minimum Gasteiger partial charge on any atom is -0.330 e. The molecule has 0 amide bonds. The first-order valence-electron chi connectivity index (χ1n) is 7.14. The van der Waals surface area contributed by atoms with Gasteiger partial charge in [-0.15, -0.1) is 0 Å². The second kappa shape index (κ2) is 21.2. The molecule has 0 fully saturated rings. The maximum Gasteiger partial charge on any atom is -0.00486 e. The topological polar surface area (TPSA) is 76.1 Å². The second-order valence-electron chi connectivity index (χ2n) is 4.05. The van der Waals surface area contributed by atoms with E-state index in [-0.39, 0.29) is 0 Å². The standard InChI is InChI=1S/C8H20N2.C5H14N2/c1-3-9-7-5-6-8-10-4-2;6-4-2-1-3-5-7/h9-10H,3-8H2,1-2H3;1-7H2. The van der Waals surface area contributed by atoms with Gasteiger partial charge in [-0.3, -0.25) is 0 Å². The first-order valence-corrected chi connectivity index (χ1v) is 7.14. The molecule has 4 nitrogen and oxygen atoms in total. The van der Waals surface area contributed by atoms with Crippen molar-refractivity contribution in [3.05, 3.63) is 0 Å². The first kappa shape index (κ1) is 19.2. The minimum atomic E-state index is 0.806. The maximum absolute atomic E-state index is 5.23. The number of unbranched alkanes of at least 4 members (excludes halogenated alkanes) is 3. The van der Waals surface area contributed by atoms with E-state index in [1.807, 2.05) is 0 Å². The van der Waals surface area contributed by atoms with Crippen molar-refractivity contribution in [2.45, 2.75) is 46.0 Å². The van der Waals surface area contributed by atoms with Crippen molar-refractivity contribution in [1.29, 1.82) is 0 Å². The minimum absolute atomic E-state index is 0.806. The van der Waals surface area contributed by atoms with Crippen molar-refractivity contribution in [2.24, 2.45) is 11.5 Å². The highest BCUT2D eigenvalue weighted by atomic mass is 14.9. The van der Waals surface area contributed by atoms with Gasteiger partial charge in [0.1, 0.15) is 0 Å². The molecule has 0 aliphatic carbocycles. The second-order valence-corrected chi connectivity index (χ2v) is 4.05. The zero-order valence-corrected chi connectivity index (χ0v) is 11.9. The Bertz CT molecular complexity index is 97.6. The lowest BCUT2D eigenvalue weighted by atomic mass is 10.2. The molecule has 0 unspecified atom stereocenters. The number of nitrogens with two attached hydrogens (primary N) is 2. The fraction of sp³-hybridized carbons (Fsp3) is 1.00.